The normalized spacial score (nSPS) is 23.6. The highest BCUT2D eigenvalue weighted by molar-refractivity contribution is 5.46. The molecule has 0 radical (unpaired) electrons. The molecule has 8 nitrogen and oxygen atoms in total. The van der Waals surface area contributed by atoms with Crippen LogP contribution in [0, 0.1) is 0 Å². The quantitative estimate of drug-likeness (QED) is 0.386. The van der Waals surface area contributed by atoms with Gasteiger partial charge in [-0.2, -0.15) is 15.0 Å². The summed E-state index contributed by atoms with van der Waals surface area (Å²) in [5.74, 6) is 1.83. The van der Waals surface area contributed by atoms with E-state index in [0.717, 1.165) is 76.4 Å². The molecular formula is C31H60N8. The maximum atomic E-state index is 6.48. The highest BCUT2D eigenvalue weighted by atomic mass is 15.4. The number of nitrogen functional groups attached to an aromatic ring is 1. The highest BCUT2D eigenvalue weighted by Crippen LogP contribution is 2.45. The van der Waals surface area contributed by atoms with Crippen LogP contribution in [-0.2, 0) is 0 Å². The first kappa shape index (κ1) is 31.9. The Morgan fingerprint density at radius 3 is 1.38 bits per heavy atom. The molecule has 2 saturated heterocycles. The first-order valence-corrected chi connectivity index (χ1v) is 15.5. The Morgan fingerprint density at radius 1 is 0.667 bits per heavy atom. The Bertz CT molecular complexity index is 870. The topological polar surface area (TPSA) is 77.7 Å². The van der Waals surface area contributed by atoms with Gasteiger partial charge in [-0.25, -0.2) is 0 Å². The zero-order valence-electron chi connectivity index (χ0n) is 27.4. The zero-order valence-corrected chi connectivity index (χ0v) is 27.4. The molecule has 0 unspecified atom stereocenters. The lowest BCUT2D eigenvalue weighted by Crippen LogP contribution is -2.67. The molecule has 2 fully saturated rings. The molecule has 0 bridgehead atoms. The lowest BCUT2D eigenvalue weighted by atomic mass is 9.73. The van der Waals surface area contributed by atoms with Crippen LogP contribution in [0.3, 0.4) is 0 Å². The van der Waals surface area contributed by atoms with Crippen molar-refractivity contribution in [3.8, 4) is 0 Å². The minimum atomic E-state index is 0.0524. The second kappa shape index (κ2) is 11.7. The molecule has 0 amide bonds. The van der Waals surface area contributed by atoms with E-state index in [4.69, 9.17) is 15.7 Å². The van der Waals surface area contributed by atoms with E-state index < -0.39 is 0 Å². The molecule has 2 aliphatic heterocycles. The van der Waals surface area contributed by atoms with Crippen LogP contribution in [0.2, 0.25) is 0 Å². The molecule has 39 heavy (non-hydrogen) atoms. The van der Waals surface area contributed by atoms with Gasteiger partial charge in [0.15, 0.2) is 0 Å². The predicted octanol–water partition coefficient (Wildman–Crippen LogP) is 5.97. The number of likely N-dealkylation sites (tertiary alicyclic amines) is 2. The van der Waals surface area contributed by atoms with E-state index in [1.165, 1.54) is 0 Å². The number of aromatic nitrogens is 3. The van der Waals surface area contributed by atoms with Crippen LogP contribution < -0.4 is 15.5 Å². The summed E-state index contributed by atoms with van der Waals surface area (Å²) in [6.07, 6.45) is 8.72. The van der Waals surface area contributed by atoms with Crippen molar-refractivity contribution < 1.29 is 0 Å². The summed E-state index contributed by atoms with van der Waals surface area (Å²) in [7, 11) is 4.56. The number of hydrogen-bond donors (Lipinski definition) is 1. The van der Waals surface area contributed by atoms with Crippen LogP contribution in [-0.4, -0.2) is 86.2 Å². The number of piperidine rings is 2. The maximum Gasteiger partial charge on any atom is 0.232 e. The van der Waals surface area contributed by atoms with E-state index in [0.29, 0.717) is 18.0 Å². The van der Waals surface area contributed by atoms with Crippen LogP contribution >= 0.6 is 0 Å². The summed E-state index contributed by atoms with van der Waals surface area (Å²) in [4.78, 5) is 24.9. The lowest BCUT2D eigenvalue weighted by Gasteiger charge is -2.60. The Kier molecular flexibility index (Phi) is 9.53. The van der Waals surface area contributed by atoms with Crippen molar-refractivity contribution in [3.63, 3.8) is 0 Å². The van der Waals surface area contributed by atoms with Crippen LogP contribution in [0.5, 0.6) is 0 Å². The van der Waals surface area contributed by atoms with Gasteiger partial charge in [-0.3, -0.25) is 9.80 Å². The van der Waals surface area contributed by atoms with Gasteiger partial charge in [0.25, 0.3) is 0 Å². The van der Waals surface area contributed by atoms with E-state index in [9.17, 15) is 0 Å². The van der Waals surface area contributed by atoms with Crippen molar-refractivity contribution in [2.75, 3.05) is 42.7 Å². The number of nitrogens with two attached hydrogens (primary N) is 1. The molecule has 3 heterocycles. The summed E-state index contributed by atoms with van der Waals surface area (Å²) in [6.45, 7) is 25.4. The summed E-state index contributed by atoms with van der Waals surface area (Å²) in [5.41, 5.74) is 6.69. The molecular weight excluding hydrogens is 484 g/mol. The average molecular weight is 545 g/mol. The van der Waals surface area contributed by atoms with Crippen LogP contribution in [0.4, 0.5) is 17.8 Å². The van der Waals surface area contributed by atoms with Crippen LogP contribution in [0.15, 0.2) is 0 Å². The minimum absolute atomic E-state index is 0.0524. The Morgan fingerprint density at radius 2 is 1.03 bits per heavy atom. The predicted molar refractivity (Wildman–Crippen MR) is 167 cm³/mol. The van der Waals surface area contributed by atoms with E-state index in [1.54, 1.807) is 0 Å². The number of nitrogens with zero attached hydrogens (tertiary/aromatic N) is 7. The van der Waals surface area contributed by atoms with Gasteiger partial charge in [-0.1, -0.05) is 26.7 Å². The second-order valence-corrected chi connectivity index (χ2v) is 14.9. The van der Waals surface area contributed by atoms with E-state index in [2.05, 4.69) is 108 Å². The standard InChI is InChI=1S/C31H60N8/c1-13-15-17-38(18-16-14-2)26-33-25(32)34-27(35-26)39(23-19-28(3,4)36(11)29(5,6)20-23)24-21-30(7,8)37(12)31(9,10)22-24/h23-24H,13-22H2,1-12H3,(H2,32,33,34,35). The van der Waals surface area contributed by atoms with Gasteiger partial charge in [0, 0.05) is 47.3 Å². The first-order chi connectivity index (χ1) is 17.9. The van der Waals surface area contributed by atoms with Crippen molar-refractivity contribution in [3.05, 3.63) is 0 Å². The fourth-order valence-corrected chi connectivity index (χ4v) is 7.29. The highest BCUT2D eigenvalue weighted by Gasteiger charge is 2.50. The van der Waals surface area contributed by atoms with E-state index in [-0.39, 0.29) is 22.2 Å². The Balaban J connectivity index is 2.14. The fourth-order valence-electron chi connectivity index (χ4n) is 7.29. The summed E-state index contributed by atoms with van der Waals surface area (Å²) < 4.78 is 0. The number of hydrogen-bond acceptors (Lipinski definition) is 8. The third kappa shape index (κ3) is 6.98. The maximum absolute atomic E-state index is 6.48. The van der Waals surface area contributed by atoms with Crippen molar-refractivity contribution in [1.82, 2.24) is 24.8 Å². The van der Waals surface area contributed by atoms with Crippen LogP contribution in [0.25, 0.3) is 0 Å². The summed E-state index contributed by atoms with van der Waals surface area (Å²) in [6, 6.07) is 0.612. The molecule has 3 rings (SSSR count). The summed E-state index contributed by atoms with van der Waals surface area (Å²) in [5, 5.41) is 0. The molecule has 1 aromatic heterocycles. The van der Waals surface area contributed by atoms with Crippen molar-refractivity contribution in [1.29, 1.82) is 0 Å². The molecule has 2 aliphatic rings. The van der Waals surface area contributed by atoms with Gasteiger partial charge in [-0.05, 0) is 108 Å². The minimum Gasteiger partial charge on any atom is -0.368 e. The van der Waals surface area contributed by atoms with E-state index in [1.807, 2.05) is 0 Å². The van der Waals surface area contributed by atoms with Gasteiger partial charge in [0.05, 0.1) is 0 Å². The Labute approximate surface area is 240 Å². The van der Waals surface area contributed by atoms with Crippen LogP contribution in [0.1, 0.15) is 121 Å². The lowest BCUT2D eigenvalue weighted by molar-refractivity contribution is -0.0314. The largest absolute Gasteiger partial charge is 0.368 e. The van der Waals surface area contributed by atoms with Crippen molar-refractivity contribution in [2.24, 2.45) is 0 Å². The van der Waals surface area contributed by atoms with Gasteiger partial charge >= 0.3 is 0 Å². The first-order valence-electron chi connectivity index (χ1n) is 15.5. The molecule has 0 aliphatic carbocycles. The molecule has 224 valence electrons. The zero-order chi connectivity index (χ0) is 29.4. The van der Waals surface area contributed by atoms with Crippen molar-refractivity contribution in [2.45, 2.75) is 155 Å². The van der Waals surface area contributed by atoms with Gasteiger partial charge in [-0.15, -0.1) is 0 Å². The second-order valence-electron chi connectivity index (χ2n) is 14.9. The average Bonchev–Trinajstić information content (AvgIpc) is 2.80. The number of rotatable bonds is 10. The van der Waals surface area contributed by atoms with E-state index >= 15 is 0 Å². The molecule has 1 aromatic rings. The van der Waals surface area contributed by atoms with Gasteiger partial charge in [0.2, 0.25) is 17.8 Å². The Hall–Kier alpha value is -1.67. The molecule has 2 N–H and O–H groups in total. The number of unbranched alkanes of at least 4 members (excludes halogenated alkanes) is 2. The monoisotopic (exact) mass is 544 g/mol. The third-order valence-corrected chi connectivity index (χ3v) is 10.1. The molecule has 0 saturated carbocycles. The molecule has 0 atom stereocenters. The molecule has 8 heteroatoms. The fraction of sp³-hybridized carbons (Fsp3) is 0.903. The molecule has 0 spiro atoms. The molecule has 0 aromatic carbocycles. The smallest absolute Gasteiger partial charge is 0.232 e. The van der Waals surface area contributed by atoms with Gasteiger partial charge in [0.1, 0.15) is 0 Å². The third-order valence-electron chi connectivity index (χ3n) is 10.1. The SMILES string of the molecule is CCCCN(CCCC)c1nc(N)nc(N(C2CC(C)(C)N(C)C(C)(C)C2)C2CC(C)(C)N(C)C(C)(C)C2)n1. The number of anilines is 3. The van der Waals surface area contributed by atoms with Crippen molar-refractivity contribution >= 4 is 17.8 Å². The van der Waals surface area contributed by atoms with Gasteiger partial charge < -0.3 is 15.5 Å². The summed E-state index contributed by atoms with van der Waals surface area (Å²) >= 11 is 0.